The molecule has 6 nitrogen and oxygen atoms in total. The van der Waals surface area contributed by atoms with E-state index < -0.39 is 5.97 Å². The number of pyridine rings is 1. The summed E-state index contributed by atoms with van der Waals surface area (Å²) in [6.07, 6.45) is 5.86. The average molecular weight is 357 g/mol. The van der Waals surface area contributed by atoms with Crippen LogP contribution >= 0.6 is 0 Å². The van der Waals surface area contributed by atoms with E-state index >= 15 is 0 Å². The molecule has 0 unspecified atom stereocenters. The van der Waals surface area contributed by atoms with Gasteiger partial charge in [-0.15, -0.1) is 0 Å². The molecule has 3 aliphatic rings. The molecule has 6 heteroatoms. The molecule has 0 aromatic heterocycles. The molecule has 26 heavy (non-hydrogen) atoms. The first kappa shape index (κ1) is 18.5. The number of H-pyrrole nitrogens is 1. The van der Waals surface area contributed by atoms with Gasteiger partial charge in [0.2, 0.25) is 5.91 Å². The van der Waals surface area contributed by atoms with Crippen LogP contribution in [0.5, 0.6) is 0 Å². The first-order valence-corrected chi connectivity index (χ1v) is 9.18. The monoisotopic (exact) mass is 357 g/mol. The first-order chi connectivity index (χ1) is 12.4. The van der Waals surface area contributed by atoms with Crippen LogP contribution in [0, 0.1) is 5.41 Å². The lowest BCUT2D eigenvalue weighted by Crippen LogP contribution is -2.43. The molecule has 0 bridgehead atoms. The summed E-state index contributed by atoms with van der Waals surface area (Å²) < 4.78 is 5.15. The van der Waals surface area contributed by atoms with Crippen LogP contribution in [0.2, 0.25) is 0 Å². The number of nitrogens with one attached hydrogen (secondary N) is 2. The summed E-state index contributed by atoms with van der Waals surface area (Å²) in [5.74, 6) is -0.525. The van der Waals surface area contributed by atoms with Crippen LogP contribution in [0.3, 0.4) is 0 Å². The van der Waals surface area contributed by atoms with Gasteiger partial charge in [-0.25, -0.2) is 4.79 Å². The fraction of sp³-hybridized carbons (Fsp3) is 0.500. The molecule has 140 valence electrons. The maximum Gasteiger partial charge on any atom is 0.340 e. The Labute approximate surface area is 154 Å². The molecule has 0 aromatic rings. The van der Waals surface area contributed by atoms with Gasteiger partial charge in [0.05, 0.1) is 24.4 Å². The van der Waals surface area contributed by atoms with Gasteiger partial charge in [-0.2, -0.15) is 0 Å². The standard InChI is InChI=1S/C20H27N3O3/c1-4-26-19(25)15-10-14-6-8-21-11-16(14)18(15)22-17(24)12-23-9-5-7-20(2,3)13-23/h6,8,10-11,21H,4-5,7,9,12-13H2,1-3H3,(H,22,24). The number of aromatic nitrogens is 1. The maximum atomic E-state index is 12.7. The smallest absolute Gasteiger partial charge is 0.340 e. The Morgan fingerprint density at radius 3 is 2.92 bits per heavy atom. The Hall–Kier alpha value is -2.34. The summed E-state index contributed by atoms with van der Waals surface area (Å²) in [7, 11) is 0. The number of carbonyl (C=O) groups excluding carboxylic acids is 2. The van der Waals surface area contributed by atoms with Crippen LogP contribution in [0.4, 0.5) is 5.69 Å². The summed E-state index contributed by atoms with van der Waals surface area (Å²) in [6, 6.07) is 3.64. The largest absolute Gasteiger partial charge is 0.462 e. The molecular weight excluding hydrogens is 330 g/mol. The maximum absolute atomic E-state index is 12.7. The highest BCUT2D eigenvalue weighted by atomic mass is 16.5. The predicted molar refractivity (Wildman–Crippen MR) is 101 cm³/mol. The van der Waals surface area contributed by atoms with Gasteiger partial charge in [-0.05, 0) is 49.4 Å². The third-order valence-corrected chi connectivity index (χ3v) is 4.84. The average Bonchev–Trinajstić information content (AvgIpc) is 2.93. The van der Waals surface area contributed by atoms with Gasteiger partial charge < -0.3 is 15.0 Å². The number of likely N-dealkylation sites (tertiary alicyclic amines) is 1. The zero-order valence-corrected chi connectivity index (χ0v) is 15.7. The number of esters is 1. The molecule has 1 fully saturated rings. The van der Waals surface area contributed by atoms with Crippen LogP contribution in [-0.4, -0.2) is 48.0 Å². The van der Waals surface area contributed by atoms with Gasteiger partial charge in [0.15, 0.2) is 0 Å². The number of anilines is 1. The minimum atomic E-state index is -0.418. The minimum Gasteiger partial charge on any atom is -0.462 e. The van der Waals surface area contributed by atoms with Crippen molar-refractivity contribution >= 4 is 17.6 Å². The van der Waals surface area contributed by atoms with Crippen molar-refractivity contribution in [1.29, 1.82) is 0 Å². The third-order valence-electron chi connectivity index (χ3n) is 4.84. The Balaban J connectivity index is 1.78. The number of ether oxygens (including phenoxy) is 1. The van der Waals surface area contributed by atoms with E-state index in [4.69, 9.17) is 4.74 Å². The zero-order valence-electron chi connectivity index (χ0n) is 15.7. The molecule has 3 rings (SSSR count). The van der Waals surface area contributed by atoms with Crippen LogP contribution in [-0.2, 0) is 9.53 Å². The van der Waals surface area contributed by atoms with Gasteiger partial charge in [-0.3, -0.25) is 9.69 Å². The van der Waals surface area contributed by atoms with E-state index in [1.165, 1.54) is 6.42 Å². The van der Waals surface area contributed by atoms with E-state index in [1.807, 2.05) is 6.07 Å². The number of hydrogen-bond donors (Lipinski definition) is 2. The fourth-order valence-electron chi connectivity index (χ4n) is 3.72. The number of fused-ring (bicyclic) bond motifs is 1. The van der Waals surface area contributed by atoms with Crippen molar-refractivity contribution in [3.8, 4) is 11.1 Å². The summed E-state index contributed by atoms with van der Waals surface area (Å²) in [5.41, 5.74) is 2.85. The van der Waals surface area contributed by atoms with Crippen molar-refractivity contribution in [1.82, 2.24) is 9.88 Å². The van der Waals surface area contributed by atoms with Crippen LogP contribution in [0.1, 0.15) is 44.0 Å². The van der Waals surface area contributed by atoms with Gasteiger partial charge in [-0.1, -0.05) is 13.8 Å². The van der Waals surface area contributed by atoms with Gasteiger partial charge in [0, 0.05) is 24.5 Å². The molecule has 1 amide bonds. The number of nitrogens with zero attached hydrogens (tertiary/aromatic N) is 1. The molecule has 0 aromatic carbocycles. The van der Waals surface area contributed by atoms with Crippen LogP contribution in [0.25, 0.3) is 11.1 Å². The van der Waals surface area contributed by atoms with E-state index in [0.29, 0.717) is 24.4 Å². The molecule has 2 N–H and O–H groups in total. The van der Waals surface area contributed by atoms with Crippen molar-refractivity contribution in [2.24, 2.45) is 5.41 Å². The minimum absolute atomic E-state index is 0.107. The number of amides is 1. The Morgan fingerprint density at radius 2 is 2.19 bits per heavy atom. The molecule has 0 spiro atoms. The van der Waals surface area contributed by atoms with E-state index in [9.17, 15) is 9.59 Å². The zero-order chi connectivity index (χ0) is 18.7. The number of rotatable bonds is 5. The molecule has 1 aliphatic carbocycles. The van der Waals surface area contributed by atoms with Crippen molar-refractivity contribution in [2.45, 2.75) is 33.6 Å². The van der Waals surface area contributed by atoms with E-state index in [-0.39, 0.29) is 11.3 Å². The molecule has 0 radical (unpaired) electrons. The van der Waals surface area contributed by atoms with Crippen LogP contribution in [0.15, 0.2) is 24.5 Å². The Kier molecular flexibility index (Phi) is 5.32. The Morgan fingerprint density at radius 1 is 1.38 bits per heavy atom. The van der Waals surface area contributed by atoms with E-state index in [2.05, 4.69) is 29.0 Å². The van der Waals surface area contributed by atoms with Crippen LogP contribution < -0.4 is 5.32 Å². The van der Waals surface area contributed by atoms with E-state index in [1.54, 1.807) is 25.4 Å². The fourth-order valence-corrected chi connectivity index (χ4v) is 3.72. The first-order valence-electron chi connectivity index (χ1n) is 9.18. The van der Waals surface area contributed by atoms with Crippen molar-refractivity contribution in [3.05, 3.63) is 30.1 Å². The quantitative estimate of drug-likeness (QED) is 0.805. The highest BCUT2D eigenvalue weighted by Crippen LogP contribution is 2.36. The molecule has 0 saturated carbocycles. The molecule has 0 atom stereocenters. The lowest BCUT2D eigenvalue weighted by Gasteiger charge is -2.37. The molecular formula is C20H27N3O3. The highest BCUT2D eigenvalue weighted by Gasteiger charge is 2.28. The number of carbonyl (C=O) groups is 2. The third kappa shape index (κ3) is 4.07. The Bertz CT molecular complexity index is 766. The van der Waals surface area contributed by atoms with Crippen molar-refractivity contribution in [2.75, 3.05) is 31.6 Å². The molecule has 1 saturated heterocycles. The highest BCUT2D eigenvalue weighted by molar-refractivity contribution is 6.08. The summed E-state index contributed by atoms with van der Waals surface area (Å²) >= 11 is 0. The second-order valence-corrected chi connectivity index (χ2v) is 7.69. The molecule has 2 aliphatic heterocycles. The normalized spacial score (nSPS) is 17.2. The van der Waals surface area contributed by atoms with Gasteiger partial charge >= 0.3 is 5.97 Å². The lowest BCUT2D eigenvalue weighted by atomic mass is 9.84. The predicted octanol–water partition coefficient (Wildman–Crippen LogP) is 3.36. The van der Waals surface area contributed by atoms with Gasteiger partial charge in [0.25, 0.3) is 0 Å². The number of piperidine rings is 1. The number of aromatic amines is 1. The topological polar surface area (TPSA) is 74.4 Å². The SMILES string of the molecule is CCOC(=O)c1cc2cc[nH]cc-2c1NC(=O)CN1CCCC(C)(C)C1. The molecule has 2 heterocycles. The number of hydrogen-bond acceptors (Lipinski definition) is 4. The lowest BCUT2D eigenvalue weighted by molar-refractivity contribution is -0.118. The van der Waals surface area contributed by atoms with E-state index in [0.717, 1.165) is 30.6 Å². The summed E-state index contributed by atoms with van der Waals surface area (Å²) in [4.78, 5) is 30.1. The summed E-state index contributed by atoms with van der Waals surface area (Å²) in [6.45, 7) is 8.69. The summed E-state index contributed by atoms with van der Waals surface area (Å²) in [5, 5.41) is 2.95. The van der Waals surface area contributed by atoms with Crippen molar-refractivity contribution < 1.29 is 14.3 Å². The second kappa shape index (κ2) is 7.50. The second-order valence-electron chi connectivity index (χ2n) is 7.69. The van der Waals surface area contributed by atoms with Gasteiger partial charge in [0.1, 0.15) is 0 Å². The van der Waals surface area contributed by atoms with Crippen molar-refractivity contribution in [3.63, 3.8) is 0 Å².